The van der Waals surface area contributed by atoms with Crippen molar-refractivity contribution in [1.82, 2.24) is 20.3 Å². The third-order valence-electron chi connectivity index (χ3n) is 4.02. The zero-order valence-electron chi connectivity index (χ0n) is 14.0. The second kappa shape index (κ2) is 7.40. The van der Waals surface area contributed by atoms with Crippen LogP contribution in [0.2, 0.25) is 0 Å². The Morgan fingerprint density at radius 3 is 2.72 bits per heavy atom. The average molecular weight is 342 g/mol. The van der Waals surface area contributed by atoms with Gasteiger partial charge in [0, 0.05) is 12.7 Å². The number of hydrogen-bond acceptors (Lipinski definition) is 4. The van der Waals surface area contributed by atoms with E-state index in [1.165, 1.54) is 17.9 Å². The van der Waals surface area contributed by atoms with Gasteiger partial charge in [0.05, 0.1) is 11.6 Å². The fraction of sp³-hybridized carbons (Fsp3) is 0.278. The van der Waals surface area contributed by atoms with Crippen LogP contribution in [0.4, 0.5) is 4.39 Å². The molecule has 130 valence electrons. The molecule has 3 rings (SSSR count). The number of nitrogens with zero attached hydrogens (tertiary/aromatic N) is 3. The molecule has 7 heteroatoms. The van der Waals surface area contributed by atoms with Crippen LogP contribution in [-0.2, 0) is 16.1 Å². The topological polar surface area (TPSA) is 69.0 Å². The maximum Gasteiger partial charge on any atom is 0.242 e. The molecule has 0 spiro atoms. The number of rotatable bonds is 6. The molecule has 0 unspecified atom stereocenters. The first-order chi connectivity index (χ1) is 12.1. The van der Waals surface area contributed by atoms with E-state index in [0.717, 1.165) is 11.0 Å². The first kappa shape index (κ1) is 17.0. The van der Waals surface area contributed by atoms with Gasteiger partial charge < -0.3 is 10.1 Å². The summed E-state index contributed by atoms with van der Waals surface area (Å²) in [5.74, 6) is -0.612. The van der Waals surface area contributed by atoms with Crippen molar-refractivity contribution in [2.24, 2.45) is 0 Å². The van der Waals surface area contributed by atoms with Gasteiger partial charge >= 0.3 is 0 Å². The molecule has 0 saturated heterocycles. The van der Waals surface area contributed by atoms with E-state index in [1.54, 1.807) is 25.1 Å². The summed E-state index contributed by atoms with van der Waals surface area (Å²) >= 11 is 0. The molecule has 0 fully saturated rings. The van der Waals surface area contributed by atoms with Gasteiger partial charge in [-0.2, -0.15) is 0 Å². The van der Waals surface area contributed by atoms with Crippen LogP contribution in [0.15, 0.2) is 48.5 Å². The first-order valence-electron chi connectivity index (χ1n) is 7.95. The van der Waals surface area contributed by atoms with E-state index < -0.39 is 12.1 Å². The number of halogens is 1. The van der Waals surface area contributed by atoms with Crippen LogP contribution in [0.3, 0.4) is 0 Å². The quantitative estimate of drug-likeness (QED) is 0.747. The van der Waals surface area contributed by atoms with Crippen LogP contribution in [0, 0.1) is 5.82 Å². The third kappa shape index (κ3) is 3.66. The van der Waals surface area contributed by atoms with Crippen LogP contribution in [0.25, 0.3) is 11.0 Å². The summed E-state index contributed by atoms with van der Waals surface area (Å²) in [6.07, 6.45) is -0.586. The highest BCUT2D eigenvalue weighted by Crippen LogP contribution is 2.23. The monoisotopic (exact) mass is 342 g/mol. The Balaban J connectivity index is 1.70. The van der Waals surface area contributed by atoms with Crippen LogP contribution in [0.1, 0.15) is 18.6 Å². The second-order valence-electron chi connectivity index (χ2n) is 5.77. The Bertz CT molecular complexity index is 880. The van der Waals surface area contributed by atoms with E-state index in [9.17, 15) is 9.18 Å². The molecule has 0 bridgehead atoms. The molecule has 0 radical (unpaired) electrons. The molecular weight excluding hydrogens is 323 g/mol. The number of benzene rings is 2. The van der Waals surface area contributed by atoms with Crippen molar-refractivity contribution < 1.29 is 13.9 Å². The lowest BCUT2D eigenvalue weighted by Gasteiger charge is -2.24. The van der Waals surface area contributed by atoms with E-state index in [2.05, 4.69) is 15.6 Å². The predicted octanol–water partition coefficient (Wildman–Crippen LogP) is 2.46. The Hall–Kier alpha value is -2.80. The molecule has 2 atom stereocenters. The number of aromatic nitrogens is 3. The Morgan fingerprint density at radius 1 is 1.24 bits per heavy atom. The van der Waals surface area contributed by atoms with Crippen molar-refractivity contribution in [2.45, 2.75) is 25.6 Å². The van der Waals surface area contributed by atoms with E-state index in [4.69, 9.17) is 4.74 Å². The maximum atomic E-state index is 14.0. The van der Waals surface area contributed by atoms with Crippen LogP contribution >= 0.6 is 0 Å². The molecule has 0 aliphatic rings. The summed E-state index contributed by atoms with van der Waals surface area (Å²) in [7, 11) is 1.49. The highest BCUT2D eigenvalue weighted by molar-refractivity contribution is 5.79. The number of amides is 1. The Kier molecular flexibility index (Phi) is 5.04. The zero-order valence-corrected chi connectivity index (χ0v) is 14.0. The largest absolute Gasteiger partial charge is 0.375 e. The Labute approximate surface area is 144 Å². The fourth-order valence-corrected chi connectivity index (χ4v) is 2.85. The smallest absolute Gasteiger partial charge is 0.242 e. The number of methoxy groups -OCH3 is 1. The van der Waals surface area contributed by atoms with Crippen LogP contribution in [-0.4, -0.2) is 34.1 Å². The van der Waals surface area contributed by atoms with Crippen molar-refractivity contribution in [1.29, 1.82) is 0 Å². The van der Waals surface area contributed by atoms with Gasteiger partial charge in [0.15, 0.2) is 0 Å². The lowest BCUT2D eigenvalue weighted by molar-refractivity contribution is -0.123. The average Bonchev–Trinajstić information content (AvgIpc) is 3.00. The standard InChI is InChI=1S/C18H19FN4O2/c1-12(18(25-2)13-7-3-4-8-14(13)19)20-17(24)11-23-16-10-6-5-9-15(16)21-22-23/h3-10,12,18H,11H2,1-2H3,(H,20,24)/t12-,18+/m1/s1. The number of para-hydroxylation sites is 1. The van der Waals surface area contributed by atoms with Crippen LogP contribution < -0.4 is 5.32 Å². The summed E-state index contributed by atoms with van der Waals surface area (Å²) in [5.41, 5.74) is 1.91. The molecule has 25 heavy (non-hydrogen) atoms. The summed E-state index contributed by atoms with van der Waals surface area (Å²) in [6, 6.07) is 13.4. The summed E-state index contributed by atoms with van der Waals surface area (Å²) in [5, 5.41) is 10.9. The molecule has 1 N–H and O–H groups in total. The second-order valence-corrected chi connectivity index (χ2v) is 5.77. The van der Waals surface area contributed by atoms with E-state index in [-0.39, 0.29) is 18.3 Å². The number of hydrogen-bond donors (Lipinski definition) is 1. The summed E-state index contributed by atoms with van der Waals surface area (Å²) < 4.78 is 20.9. The van der Waals surface area contributed by atoms with Gasteiger partial charge in [0.2, 0.25) is 5.91 Å². The molecule has 0 aliphatic carbocycles. The molecule has 0 saturated carbocycles. The molecule has 0 aliphatic heterocycles. The molecule has 1 amide bonds. The van der Waals surface area contributed by atoms with Crippen molar-refractivity contribution in [2.75, 3.05) is 7.11 Å². The molecule has 2 aromatic carbocycles. The van der Waals surface area contributed by atoms with E-state index in [1.807, 2.05) is 24.3 Å². The molecule has 1 heterocycles. The number of fused-ring (bicyclic) bond motifs is 1. The van der Waals surface area contributed by atoms with Crippen LogP contribution in [0.5, 0.6) is 0 Å². The fourth-order valence-electron chi connectivity index (χ4n) is 2.85. The normalized spacial score (nSPS) is 13.6. The maximum absolute atomic E-state index is 14.0. The van der Waals surface area contributed by atoms with Gasteiger partial charge in [-0.15, -0.1) is 5.10 Å². The molecule has 1 aromatic heterocycles. The predicted molar refractivity (Wildman–Crippen MR) is 91.3 cm³/mol. The molecule has 3 aromatic rings. The number of ether oxygens (including phenoxy) is 1. The van der Waals surface area contributed by atoms with Crippen molar-refractivity contribution >= 4 is 16.9 Å². The lowest BCUT2D eigenvalue weighted by atomic mass is 10.0. The third-order valence-corrected chi connectivity index (χ3v) is 4.02. The highest BCUT2D eigenvalue weighted by atomic mass is 19.1. The minimum absolute atomic E-state index is 0.0263. The zero-order chi connectivity index (χ0) is 17.8. The van der Waals surface area contributed by atoms with E-state index in [0.29, 0.717) is 5.56 Å². The van der Waals surface area contributed by atoms with Gasteiger partial charge in [-0.25, -0.2) is 9.07 Å². The first-order valence-corrected chi connectivity index (χ1v) is 7.95. The molecule has 6 nitrogen and oxygen atoms in total. The number of nitrogens with one attached hydrogen (secondary N) is 1. The lowest BCUT2D eigenvalue weighted by Crippen LogP contribution is -2.40. The van der Waals surface area contributed by atoms with Crippen molar-refractivity contribution in [3.05, 3.63) is 59.9 Å². The Morgan fingerprint density at radius 2 is 1.96 bits per heavy atom. The van der Waals surface area contributed by atoms with Gasteiger partial charge in [-0.3, -0.25) is 4.79 Å². The minimum atomic E-state index is -0.586. The minimum Gasteiger partial charge on any atom is -0.375 e. The highest BCUT2D eigenvalue weighted by Gasteiger charge is 2.23. The van der Waals surface area contributed by atoms with Gasteiger partial charge in [-0.05, 0) is 25.1 Å². The van der Waals surface area contributed by atoms with Crippen molar-refractivity contribution in [3.63, 3.8) is 0 Å². The number of carbonyl (C=O) groups is 1. The molecular formula is C18H19FN4O2. The van der Waals surface area contributed by atoms with Gasteiger partial charge in [0.25, 0.3) is 0 Å². The van der Waals surface area contributed by atoms with Gasteiger partial charge in [-0.1, -0.05) is 35.5 Å². The summed E-state index contributed by atoms with van der Waals surface area (Å²) in [6.45, 7) is 1.80. The summed E-state index contributed by atoms with van der Waals surface area (Å²) in [4.78, 5) is 12.4. The number of carbonyl (C=O) groups excluding carboxylic acids is 1. The SMILES string of the molecule is CO[C@H](c1ccccc1F)[C@@H](C)NC(=O)Cn1nnc2ccccc21. The van der Waals surface area contributed by atoms with Gasteiger partial charge in [0.1, 0.15) is 24.0 Å². The van der Waals surface area contributed by atoms with Crippen molar-refractivity contribution in [3.8, 4) is 0 Å². The van der Waals surface area contributed by atoms with E-state index >= 15 is 0 Å².